The summed E-state index contributed by atoms with van der Waals surface area (Å²) in [6, 6.07) is 0.290. The van der Waals surface area contributed by atoms with Crippen molar-refractivity contribution in [3.63, 3.8) is 0 Å². The number of primary amides is 1. The predicted molar refractivity (Wildman–Crippen MR) is 106 cm³/mol. The van der Waals surface area contributed by atoms with Crippen LogP contribution in [-0.2, 0) is 4.79 Å². The second-order valence-electron chi connectivity index (χ2n) is 7.35. The molecule has 0 spiro atoms. The van der Waals surface area contributed by atoms with Gasteiger partial charge in [0.15, 0.2) is 0 Å². The number of hydrogen-bond acceptors (Lipinski definition) is 2. The first-order valence-corrected chi connectivity index (χ1v) is 10.7. The zero-order valence-corrected chi connectivity index (χ0v) is 16.6. The molecule has 0 bridgehead atoms. The SMILES string of the molecule is CCCCCCCCCCCCCC(CC(N)=O)NCCCCC. The molecule has 0 radical (unpaired) electrons. The van der Waals surface area contributed by atoms with E-state index in [0.717, 1.165) is 13.0 Å². The Morgan fingerprint density at radius 1 is 0.750 bits per heavy atom. The first kappa shape index (κ1) is 23.4. The summed E-state index contributed by atoms with van der Waals surface area (Å²) in [5, 5.41) is 3.52. The molecule has 3 heteroatoms. The van der Waals surface area contributed by atoms with E-state index in [9.17, 15) is 4.79 Å². The fourth-order valence-corrected chi connectivity index (χ4v) is 3.26. The lowest BCUT2D eigenvalue weighted by atomic mass is 10.0. The van der Waals surface area contributed by atoms with Crippen molar-refractivity contribution in [1.29, 1.82) is 0 Å². The van der Waals surface area contributed by atoms with Crippen molar-refractivity contribution in [3.05, 3.63) is 0 Å². The van der Waals surface area contributed by atoms with Crippen LogP contribution in [0, 0.1) is 0 Å². The molecule has 0 aromatic heterocycles. The van der Waals surface area contributed by atoms with E-state index in [-0.39, 0.29) is 11.9 Å². The molecular formula is C21H44N2O. The van der Waals surface area contributed by atoms with Gasteiger partial charge in [-0.05, 0) is 19.4 Å². The quantitative estimate of drug-likeness (QED) is 0.296. The summed E-state index contributed by atoms with van der Waals surface area (Å²) in [5.74, 6) is -0.175. The molecule has 0 aromatic rings. The Hall–Kier alpha value is -0.570. The van der Waals surface area contributed by atoms with Gasteiger partial charge in [0.1, 0.15) is 0 Å². The van der Waals surface area contributed by atoms with Gasteiger partial charge in [-0.2, -0.15) is 0 Å². The number of hydrogen-bond donors (Lipinski definition) is 2. The summed E-state index contributed by atoms with van der Waals surface area (Å²) in [4.78, 5) is 11.2. The molecule has 0 aromatic carbocycles. The normalized spacial score (nSPS) is 12.4. The molecule has 144 valence electrons. The molecule has 1 atom stereocenters. The summed E-state index contributed by atoms with van der Waals surface area (Å²) in [6.45, 7) is 5.50. The Kier molecular flexibility index (Phi) is 18.3. The van der Waals surface area contributed by atoms with E-state index >= 15 is 0 Å². The van der Waals surface area contributed by atoms with Crippen molar-refractivity contribution in [2.45, 2.75) is 123 Å². The molecule has 0 aliphatic rings. The van der Waals surface area contributed by atoms with Crippen LogP contribution in [0.15, 0.2) is 0 Å². The average molecular weight is 341 g/mol. The highest BCUT2D eigenvalue weighted by atomic mass is 16.1. The van der Waals surface area contributed by atoms with Crippen LogP contribution >= 0.6 is 0 Å². The van der Waals surface area contributed by atoms with Crippen LogP contribution in [0.5, 0.6) is 0 Å². The fraction of sp³-hybridized carbons (Fsp3) is 0.952. The second kappa shape index (κ2) is 18.8. The van der Waals surface area contributed by atoms with Crippen LogP contribution in [0.2, 0.25) is 0 Å². The molecule has 1 unspecified atom stereocenters. The first-order valence-electron chi connectivity index (χ1n) is 10.7. The van der Waals surface area contributed by atoms with Crippen molar-refractivity contribution in [2.75, 3.05) is 6.54 Å². The van der Waals surface area contributed by atoms with Crippen molar-refractivity contribution < 1.29 is 4.79 Å². The minimum Gasteiger partial charge on any atom is -0.370 e. The summed E-state index contributed by atoms with van der Waals surface area (Å²) < 4.78 is 0. The molecule has 0 fully saturated rings. The molecule has 0 aliphatic heterocycles. The highest BCUT2D eigenvalue weighted by molar-refractivity contribution is 5.74. The number of rotatable bonds is 19. The molecule has 0 heterocycles. The first-order chi connectivity index (χ1) is 11.7. The van der Waals surface area contributed by atoms with Crippen LogP contribution in [-0.4, -0.2) is 18.5 Å². The van der Waals surface area contributed by atoms with E-state index in [1.54, 1.807) is 0 Å². The maximum atomic E-state index is 11.2. The topological polar surface area (TPSA) is 55.1 Å². The van der Waals surface area contributed by atoms with Gasteiger partial charge in [0.05, 0.1) is 0 Å². The van der Waals surface area contributed by atoms with Gasteiger partial charge in [-0.1, -0.05) is 97.3 Å². The lowest BCUT2D eigenvalue weighted by molar-refractivity contribution is -0.118. The largest absolute Gasteiger partial charge is 0.370 e. The minimum absolute atomic E-state index is 0.175. The lowest BCUT2D eigenvalue weighted by Crippen LogP contribution is -2.34. The standard InChI is InChI=1S/C21H44N2O/c1-3-5-7-8-9-10-11-12-13-14-15-17-20(19-21(22)24)23-18-16-6-4-2/h20,23H,3-19H2,1-2H3,(H2,22,24). The van der Waals surface area contributed by atoms with E-state index in [1.165, 1.54) is 89.9 Å². The van der Waals surface area contributed by atoms with Crippen molar-refractivity contribution in [3.8, 4) is 0 Å². The maximum absolute atomic E-state index is 11.2. The molecule has 24 heavy (non-hydrogen) atoms. The van der Waals surface area contributed by atoms with Gasteiger partial charge in [0.2, 0.25) is 5.91 Å². The Labute approximate surface area is 151 Å². The van der Waals surface area contributed by atoms with Gasteiger partial charge in [0.25, 0.3) is 0 Å². The number of amides is 1. The van der Waals surface area contributed by atoms with Gasteiger partial charge >= 0.3 is 0 Å². The number of nitrogens with one attached hydrogen (secondary N) is 1. The van der Waals surface area contributed by atoms with Crippen LogP contribution in [0.4, 0.5) is 0 Å². The number of unbranched alkanes of at least 4 members (excludes halogenated alkanes) is 12. The molecule has 3 N–H and O–H groups in total. The molecule has 0 rings (SSSR count). The zero-order valence-electron chi connectivity index (χ0n) is 16.6. The minimum atomic E-state index is -0.175. The van der Waals surface area contributed by atoms with Crippen LogP contribution in [0.1, 0.15) is 117 Å². The molecule has 0 saturated carbocycles. The Bertz CT molecular complexity index is 269. The molecule has 0 saturated heterocycles. The fourth-order valence-electron chi connectivity index (χ4n) is 3.26. The number of nitrogens with two attached hydrogens (primary N) is 1. The smallest absolute Gasteiger partial charge is 0.218 e. The second-order valence-corrected chi connectivity index (χ2v) is 7.35. The maximum Gasteiger partial charge on any atom is 0.218 e. The van der Waals surface area contributed by atoms with Gasteiger partial charge in [-0.25, -0.2) is 0 Å². The molecule has 0 aliphatic carbocycles. The molecular weight excluding hydrogens is 296 g/mol. The third-order valence-electron chi connectivity index (χ3n) is 4.82. The number of carbonyl (C=O) groups excluding carboxylic acids is 1. The van der Waals surface area contributed by atoms with Gasteiger partial charge < -0.3 is 11.1 Å². The van der Waals surface area contributed by atoms with Crippen LogP contribution in [0.25, 0.3) is 0 Å². The monoisotopic (exact) mass is 340 g/mol. The van der Waals surface area contributed by atoms with Crippen molar-refractivity contribution in [1.82, 2.24) is 5.32 Å². The summed E-state index contributed by atoms with van der Waals surface area (Å²) >= 11 is 0. The van der Waals surface area contributed by atoms with Crippen molar-refractivity contribution in [2.24, 2.45) is 5.73 Å². The highest BCUT2D eigenvalue weighted by Gasteiger charge is 2.10. The average Bonchev–Trinajstić information content (AvgIpc) is 2.55. The molecule has 1 amide bonds. The Balaban J connectivity index is 3.49. The third kappa shape index (κ3) is 17.8. The third-order valence-corrected chi connectivity index (χ3v) is 4.82. The van der Waals surface area contributed by atoms with Gasteiger partial charge in [0, 0.05) is 12.5 Å². The highest BCUT2D eigenvalue weighted by Crippen LogP contribution is 2.13. The van der Waals surface area contributed by atoms with Crippen LogP contribution < -0.4 is 11.1 Å². The Morgan fingerprint density at radius 3 is 1.71 bits per heavy atom. The van der Waals surface area contributed by atoms with E-state index in [0.29, 0.717) is 6.42 Å². The summed E-state index contributed by atoms with van der Waals surface area (Å²) in [7, 11) is 0. The summed E-state index contributed by atoms with van der Waals surface area (Å²) in [5.41, 5.74) is 5.37. The molecule has 3 nitrogen and oxygen atoms in total. The van der Waals surface area contributed by atoms with Crippen LogP contribution in [0.3, 0.4) is 0 Å². The van der Waals surface area contributed by atoms with Crippen molar-refractivity contribution >= 4 is 5.91 Å². The van der Waals surface area contributed by atoms with Gasteiger partial charge in [-0.3, -0.25) is 4.79 Å². The number of carbonyl (C=O) groups is 1. The van der Waals surface area contributed by atoms with E-state index in [1.807, 2.05) is 0 Å². The summed E-state index contributed by atoms with van der Waals surface area (Å²) in [6.07, 6.45) is 20.3. The van der Waals surface area contributed by atoms with E-state index < -0.39 is 0 Å². The predicted octanol–water partition coefficient (Wildman–Crippen LogP) is 5.71. The van der Waals surface area contributed by atoms with Gasteiger partial charge in [-0.15, -0.1) is 0 Å². The lowest BCUT2D eigenvalue weighted by Gasteiger charge is -2.17. The Morgan fingerprint density at radius 2 is 1.21 bits per heavy atom. The van der Waals surface area contributed by atoms with E-state index in [4.69, 9.17) is 5.73 Å². The zero-order chi connectivity index (χ0) is 17.9. The van der Waals surface area contributed by atoms with E-state index in [2.05, 4.69) is 19.2 Å².